The Morgan fingerprint density at radius 2 is 2.20 bits per heavy atom. The summed E-state index contributed by atoms with van der Waals surface area (Å²) in [5, 5.41) is 0. The highest BCUT2D eigenvalue weighted by atomic mass is 19.1. The van der Waals surface area contributed by atoms with Gasteiger partial charge in [0.1, 0.15) is 6.17 Å². The van der Waals surface area contributed by atoms with Crippen molar-refractivity contribution in [3.63, 3.8) is 0 Å². The monoisotopic (exact) mass is 145 g/mol. The van der Waals surface area contributed by atoms with Crippen molar-refractivity contribution in [1.29, 1.82) is 0 Å². The van der Waals surface area contributed by atoms with Crippen LogP contribution in [0.1, 0.15) is 39.0 Å². The van der Waals surface area contributed by atoms with Crippen molar-refractivity contribution >= 4 is 0 Å². The Balaban J connectivity index is 2.11. The van der Waals surface area contributed by atoms with Crippen LogP contribution in [0.5, 0.6) is 0 Å². The van der Waals surface area contributed by atoms with Gasteiger partial charge in [0.15, 0.2) is 0 Å². The van der Waals surface area contributed by atoms with E-state index in [0.717, 1.165) is 19.3 Å². The quantitative estimate of drug-likeness (QED) is 0.643. The molecule has 1 unspecified atom stereocenters. The van der Waals surface area contributed by atoms with E-state index in [1.807, 2.05) is 6.92 Å². The summed E-state index contributed by atoms with van der Waals surface area (Å²) in [6.45, 7) is 2.00. The molecule has 0 aromatic carbocycles. The van der Waals surface area contributed by atoms with Crippen molar-refractivity contribution in [2.45, 2.75) is 50.7 Å². The van der Waals surface area contributed by atoms with E-state index < -0.39 is 6.17 Å². The largest absolute Gasteiger partial charge is 0.325 e. The molecule has 0 heterocycles. The third kappa shape index (κ3) is 2.25. The zero-order valence-electron chi connectivity index (χ0n) is 6.57. The van der Waals surface area contributed by atoms with Gasteiger partial charge in [0.2, 0.25) is 0 Å². The maximum absolute atomic E-state index is 12.9. The first kappa shape index (κ1) is 7.99. The number of hydrogen-bond acceptors (Lipinski definition) is 1. The van der Waals surface area contributed by atoms with E-state index in [2.05, 4.69) is 0 Å². The first-order chi connectivity index (χ1) is 4.66. The fourth-order valence-electron chi connectivity index (χ4n) is 1.22. The minimum absolute atomic E-state index is 0.103. The first-order valence-electron chi connectivity index (χ1n) is 4.09. The van der Waals surface area contributed by atoms with Crippen LogP contribution < -0.4 is 5.73 Å². The first-order valence-corrected chi connectivity index (χ1v) is 4.09. The van der Waals surface area contributed by atoms with Crippen LogP contribution in [0.2, 0.25) is 0 Å². The molecule has 1 rings (SSSR count). The van der Waals surface area contributed by atoms with Crippen LogP contribution in [-0.2, 0) is 0 Å². The molecule has 2 heteroatoms. The molecule has 0 amide bonds. The molecule has 1 saturated carbocycles. The van der Waals surface area contributed by atoms with Crippen molar-refractivity contribution < 1.29 is 4.39 Å². The predicted octanol–water partition coefficient (Wildman–Crippen LogP) is 2.01. The molecule has 2 N–H and O–H groups in total. The maximum Gasteiger partial charge on any atom is 0.102 e. The summed E-state index contributed by atoms with van der Waals surface area (Å²) in [5.74, 6) is 0. The summed E-state index contributed by atoms with van der Waals surface area (Å²) in [7, 11) is 0. The van der Waals surface area contributed by atoms with Crippen LogP contribution in [0.3, 0.4) is 0 Å². The Hall–Kier alpha value is -0.110. The van der Waals surface area contributed by atoms with Gasteiger partial charge in [-0.1, -0.05) is 13.3 Å². The van der Waals surface area contributed by atoms with Crippen molar-refractivity contribution in [1.82, 2.24) is 0 Å². The molecule has 1 aliphatic rings. The Morgan fingerprint density at radius 1 is 1.60 bits per heavy atom. The van der Waals surface area contributed by atoms with E-state index in [1.165, 1.54) is 0 Å². The van der Waals surface area contributed by atoms with E-state index >= 15 is 0 Å². The minimum atomic E-state index is -0.655. The van der Waals surface area contributed by atoms with Crippen LogP contribution in [0, 0.1) is 0 Å². The third-order valence-corrected chi connectivity index (χ3v) is 2.12. The molecule has 60 valence electrons. The smallest absolute Gasteiger partial charge is 0.102 e. The van der Waals surface area contributed by atoms with Gasteiger partial charge >= 0.3 is 0 Å². The molecule has 0 saturated heterocycles. The van der Waals surface area contributed by atoms with Crippen molar-refractivity contribution in [3.8, 4) is 0 Å². The third-order valence-electron chi connectivity index (χ3n) is 2.12. The standard InChI is InChI=1S/C8H16FN/c1-2-3-7(9)6-8(10)4-5-8/h7H,2-6,10H2,1H3. The van der Waals surface area contributed by atoms with Gasteiger partial charge in [-0.2, -0.15) is 0 Å². The number of hydrogen-bond donors (Lipinski definition) is 1. The zero-order valence-corrected chi connectivity index (χ0v) is 6.57. The highest BCUT2D eigenvalue weighted by Gasteiger charge is 2.39. The van der Waals surface area contributed by atoms with Crippen LogP contribution in [0.15, 0.2) is 0 Å². The van der Waals surface area contributed by atoms with Crippen LogP contribution in [0.4, 0.5) is 4.39 Å². The number of rotatable bonds is 4. The summed E-state index contributed by atoms with van der Waals surface area (Å²) < 4.78 is 12.9. The summed E-state index contributed by atoms with van der Waals surface area (Å²) in [6, 6.07) is 0. The van der Waals surface area contributed by atoms with Gasteiger partial charge in [-0.05, 0) is 25.7 Å². The van der Waals surface area contributed by atoms with Gasteiger partial charge < -0.3 is 5.73 Å². The molecule has 0 bridgehead atoms. The molecule has 0 aliphatic heterocycles. The van der Waals surface area contributed by atoms with E-state index in [4.69, 9.17) is 5.73 Å². The van der Waals surface area contributed by atoms with Crippen molar-refractivity contribution in [2.24, 2.45) is 5.73 Å². The van der Waals surface area contributed by atoms with Crippen LogP contribution in [-0.4, -0.2) is 11.7 Å². The van der Waals surface area contributed by atoms with E-state index in [-0.39, 0.29) is 5.54 Å². The normalized spacial score (nSPS) is 24.3. The number of nitrogens with two attached hydrogens (primary N) is 1. The lowest BCUT2D eigenvalue weighted by Gasteiger charge is -2.11. The Bertz CT molecular complexity index is 110. The average molecular weight is 145 g/mol. The van der Waals surface area contributed by atoms with E-state index in [9.17, 15) is 4.39 Å². The number of alkyl halides is 1. The Morgan fingerprint density at radius 3 is 2.60 bits per heavy atom. The molecule has 0 spiro atoms. The van der Waals surface area contributed by atoms with Crippen LogP contribution >= 0.6 is 0 Å². The molecule has 0 aromatic rings. The molecular weight excluding hydrogens is 129 g/mol. The molecular formula is C8H16FN. The maximum atomic E-state index is 12.9. The molecule has 1 nitrogen and oxygen atoms in total. The minimum Gasteiger partial charge on any atom is -0.325 e. The van der Waals surface area contributed by atoms with E-state index in [1.54, 1.807) is 0 Å². The molecule has 0 aromatic heterocycles. The summed E-state index contributed by atoms with van der Waals surface area (Å²) in [5.41, 5.74) is 5.64. The Labute approximate surface area is 61.8 Å². The lowest BCUT2D eigenvalue weighted by atomic mass is 10.1. The zero-order chi connectivity index (χ0) is 7.61. The fraction of sp³-hybridized carbons (Fsp3) is 1.00. The lowest BCUT2D eigenvalue weighted by Crippen LogP contribution is -2.25. The molecule has 1 aliphatic carbocycles. The van der Waals surface area contributed by atoms with Gasteiger partial charge in [0.25, 0.3) is 0 Å². The van der Waals surface area contributed by atoms with Gasteiger partial charge in [-0.25, -0.2) is 4.39 Å². The molecule has 0 radical (unpaired) electrons. The Kier molecular flexibility index (Phi) is 2.29. The highest BCUT2D eigenvalue weighted by molar-refractivity contribution is 4.99. The summed E-state index contributed by atoms with van der Waals surface area (Å²) >= 11 is 0. The topological polar surface area (TPSA) is 26.0 Å². The van der Waals surface area contributed by atoms with Crippen molar-refractivity contribution in [2.75, 3.05) is 0 Å². The van der Waals surface area contributed by atoms with Gasteiger partial charge in [-0.3, -0.25) is 0 Å². The molecule has 1 fully saturated rings. The molecule has 1 atom stereocenters. The summed E-state index contributed by atoms with van der Waals surface area (Å²) in [4.78, 5) is 0. The highest BCUT2D eigenvalue weighted by Crippen LogP contribution is 2.37. The summed E-state index contributed by atoms with van der Waals surface area (Å²) in [6.07, 6.45) is 3.59. The predicted molar refractivity (Wildman–Crippen MR) is 40.6 cm³/mol. The second-order valence-corrected chi connectivity index (χ2v) is 3.45. The second kappa shape index (κ2) is 2.87. The van der Waals surface area contributed by atoms with Gasteiger partial charge in [-0.15, -0.1) is 0 Å². The second-order valence-electron chi connectivity index (χ2n) is 3.45. The van der Waals surface area contributed by atoms with E-state index in [0.29, 0.717) is 12.8 Å². The SMILES string of the molecule is CCCC(F)CC1(N)CC1. The molecule has 10 heavy (non-hydrogen) atoms. The van der Waals surface area contributed by atoms with Gasteiger partial charge in [0.05, 0.1) is 0 Å². The fourth-order valence-corrected chi connectivity index (χ4v) is 1.22. The number of halogens is 1. The average Bonchev–Trinajstić information content (AvgIpc) is 2.48. The van der Waals surface area contributed by atoms with Crippen molar-refractivity contribution in [3.05, 3.63) is 0 Å². The van der Waals surface area contributed by atoms with Crippen LogP contribution in [0.25, 0.3) is 0 Å². The van der Waals surface area contributed by atoms with Gasteiger partial charge in [0, 0.05) is 5.54 Å². The lowest BCUT2D eigenvalue weighted by molar-refractivity contribution is 0.271.